The summed E-state index contributed by atoms with van der Waals surface area (Å²) in [5.74, 6) is -0.0564. The van der Waals surface area contributed by atoms with Crippen molar-refractivity contribution in [3.63, 3.8) is 0 Å². The summed E-state index contributed by atoms with van der Waals surface area (Å²) >= 11 is 0. The van der Waals surface area contributed by atoms with E-state index in [1.54, 1.807) is 24.4 Å². The Morgan fingerprint density at radius 2 is 1.96 bits per heavy atom. The van der Waals surface area contributed by atoms with E-state index in [-0.39, 0.29) is 12.4 Å². The first kappa shape index (κ1) is 15.7. The van der Waals surface area contributed by atoms with Crippen LogP contribution in [-0.4, -0.2) is 19.3 Å². The second kappa shape index (κ2) is 6.25. The number of rotatable bonds is 4. The Morgan fingerprint density at radius 1 is 1.12 bits per heavy atom. The van der Waals surface area contributed by atoms with Gasteiger partial charge in [0.15, 0.2) is 0 Å². The van der Waals surface area contributed by atoms with Gasteiger partial charge in [0.2, 0.25) is 5.82 Å². The topological polar surface area (TPSA) is 102 Å². The van der Waals surface area contributed by atoms with E-state index in [1.165, 1.54) is 6.20 Å². The highest BCUT2D eigenvalue weighted by Crippen LogP contribution is 2.21. The number of anilines is 1. The molecule has 0 atom stereocenters. The van der Waals surface area contributed by atoms with E-state index in [0.717, 1.165) is 20.9 Å². The lowest BCUT2D eigenvalue weighted by atomic mass is 10.1. The average molecular weight is 347 g/mol. The Hall–Kier alpha value is -3.81. The van der Waals surface area contributed by atoms with Crippen LogP contribution in [0.5, 0.6) is 0 Å². The van der Waals surface area contributed by atoms with Gasteiger partial charge in [-0.05, 0) is 23.8 Å². The molecule has 0 amide bonds. The predicted octanol–water partition coefficient (Wildman–Crippen LogP) is 2.76. The molecule has 0 radical (unpaired) electrons. The molecule has 0 aliphatic rings. The van der Waals surface area contributed by atoms with Gasteiger partial charge in [-0.15, -0.1) is 0 Å². The molecule has 3 aromatic heterocycles. The molecule has 0 aliphatic carbocycles. The van der Waals surface area contributed by atoms with Crippen molar-refractivity contribution in [1.82, 2.24) is 14.4 Å². The number of hydrogen-bond acceptors (Lipinski definition) is 6. The zero-order valence-corrected chi connectivity index (χ0v) is 13.5. The highest BCUT2D eigenvalue weighted by molar-refractivity contribution is 5.81. The Morgan fingerprint density at radius 3 is 2.81 bits per heavy atom. The molecule has 8 nitrogen and oxygen atoms in total. The zero-order chi connectivity index (χ0) is 18.1. The van der Waals surface area contributed by atoms with Gasteiger partial charge >= 0.3 is 11.2 Å². The second-order valence-electron chi connectivity index (χ2n) is 5.65. The summed E-state index contributed by atoms with van der Waals surface area (Å²) in [6.45, 7) is 0.255. The molecule has 0 aliphatic heterocycles. The number of benzene rings is 1. The monoisotopic (exact) mass is 347 g/mol. The van der Waals surface area contributed by atoms with Crippen LogP contribution in [-0.2, 0) is 6.54 Å². The maximum absolute atomic E-state index is 12.4. The first-order valence-corrected chi connectivity index (χ1v) is 7.87. The number of aromatic nitrogens is 3. The summed E-state index contributed by atoms with van der Waals surface area (Å²) in [5, 5.41) is 15.3. The average Bonchev–Trinajstić information content (AvgIpc) is 2.66. The maximum Gasteiger partial charge on any atom is 0.376 e. The Bertz CT molecular complexity index is 1200. The third-order valence-corrected chi connectivity index (χ3v) is 4.06. The minimum Gasteiger partial charge on any atom is -0.360 e. The number of nitrogens with zero attached hydrogens (tertiary/aromatic N) is 4. The first-order chi connectivity index (χ1) is 12.6. The molecule has 0 saturated heterocycles. The Kier molecular flexibility index (Phi) is 3.77. The largest absolute Gasteiger partial charge is 0.376 e. The van der Waals surface area contributed by atoms with Crippen molar-refractivity contribution >= 4 is 28.1 Å². The van der Waals surface area contributed by atoms with Crippen molar-refractivity contribution in [3.05, 3.63) is 87.0 Å². The fraction of sp³-hybridized carbons (Fsp3) is 0.0556. The molecule has 4 rings (SSSR count). The van der Waals surface area contributed by atoms with Crippen LogP contribution in [0.1, 0.15) is 5.56 Å². The van der Waals surface area contributed by atoms with Crippen LogP contribution in [0, 0.1) is 10.1 Å². The minimum atomic E-state index is -0.723. The first-order valence-electron chi connectivity index (χ1n) is 7.87. The number of nitrogens with one attached hydrogen (secondary N) is 1. The zero-order valence-electron chi connectivity index (χ0n) is 13.5. The fourth-order valence-electron chi connectivity index (χ4n) is 2.86. The van der Waals surface area contributed by atoms with Gasteiger partial charge in [-0.2, -0.15) is 0 Å². The summed E-state index contributed by atoms with van der Waals surface area (Å²) in [7, 11) is 0. The molecule has 0 fully saturated rings. The molecule has 0 bridgehead atoms. The SMILES string of the molecule is O=c1c([N+](=O)[O-])c(NCc2cccc3cccnc23)nc2ccccn12. The maximum atomic E-state index is 12.4. The van der Waals surface area contributed by atoms with Crippen LogP contribution >= 0.6 is 0 Å². The number of pyridine rings is 2. The van der Waals surface area contributed by atoms with Crippen molar-refractivity contribution in [1.29, 1.82) is 0 Å². The molecule has 4 aromatic rings. The quantitative estimate of drug-likeness (QED) is 0.450. The third kappa shape index (κ3) is 2.63. The molecule has 128 valence electrons. The van der Waals surface area contributed by atoms with Gasteiger partial charge in [0.05, 0.1) is 10.4 Å². The number of fused-ring (bicyclic) bond motifs is 2. The smallest absolute Gasteiger partial charge is 0.360 e. The molecule has 1 N–H and O–H groups in total. The van der Waals surface area contributed by atoms with Crippen molar-refractivity contribution in [2.45, 2.75) is 6.54 Å². The molecule has 26 heavy (non-hydrogen) atoms. The molecule has 1 aromatic carbocycles. The summed E-state index contributed by atoms with van der Waals surface area (Å²) in [6, 6.07) is 14.4. The Balaban J connectivity index is 1.78. The van der Waals surface area contributed by atoms with E-state index in [9.17, 15) is 14.9 Å². The van der Waals surface area contributed by atoms with E-state index >= 15 is 0 Å². The standard InChI is InChI=1S/C18H13N5O3/c24-18-16(23(25)26)17(21-14-8-1-2-10-22(14)18)20-11-13-6-3-5-12-7-4-9-19-15(12)13/h1-10,20H,11H2. The van der Waals surface area contributed by atoms with Gasteiger partial charge in [-0.1, -0.05) is 30.3 Å². The number of para-hydroxylation sites is 1. The molecule has 3 heterocycles. The molecular formula is C18H13N5O3. The molecule has 0 unspecified atom stereocenters. The third-order valence-electron chi connectivity index (χ3n) is 4.06. The normalized spacial score (nSPS) is 10.9. The van der Waals surface area contributed by atoms with Crippen molar-refractivity contribution in [2.75, 3.05) is 5.32 Å². The lowest BCUT2D eigenvalue weighted by molar-refractivity contribution is -0.385. The summed E-state index contributed by atoms with van der Waals surface area (Å²) in [5.41, 5.74) is 0.679. The predicted molar refractivity (Wildman–Crippen MR) is 97.2 cm³/mol. The van der Waals surface area contributed by atoms with Gasteiger partial charge in [-0.25, -0.2) is 4.98 Å². The van der Waals surface area contributed by atoms with E-state index in [1.807, 2.05) is 30.3 Å². The fourth-order valence-corrected chi connectivity index (χ4v) is 2.86. The van der Waals surface area contributed by atoms with E-state index < -0.39 is 16.2 Å². The molecular weight excluding hydrogens is 334 g/mol. The number of hydrogen-bond donors (Lipinski definition) is 1. The van der Waals surface area contributed by atoms with Gasteiger partial charge in [-0.3, -0.25) is 24.3 Å². The number of nitro groups is 1. The van der Waals surface area contributed by atoms with E-state index in [0.29, 0.717) is 5.65 Å². The van der Waals surface area contributed by atoms with Crippen molar-refractivity contribution in [3.8, 4) is 0 Å². The lowest BCUT2D eigenvalue weighted by Gasteiger charge is -2.09. The molecule has 0 saturated carbocycles. The van der Waals surface area contributed by atoms with Gasteiger partial charge in [0.1, 0.15) is 5.65 Å². The van der Waals surface area contributed by atoms with E-state index in [2.05, 4.69) is 15.3 Å². The van der Waals surface area contributed by atoms with Crippen LogP contribution in [0.2, 0.25) is 0 Å². The summed E-state index contributed by atoms with van der Waals surface area (Å²) in [4.78, 5) is 31.7. The highest BCUT2D eigenvalue weighted by atomic mass is 16.6. The Labute approximate surface area is 146 Å². The van der Waals surface area contributed by atoms with Crippen molar-refractivity contribution < 1.29 is 4.92 Å². The van der Waals surface area contributed by atoms with E-state index in [4.69, 9.17) is 0 Å². The lowest BCUT2D eigenvalue weighted by Crippen LogP contribution is -2.21. The minimum absolute atomic E-state index is 0.0564. The van der Waals surface area contributed by atoms with Crippen LogP contribution in [0.25, 0.3) is 16.6 Å². The second-order valence-corrected chi connectivity index (χ2v) is 5.65. The van der Waals surface area contributed by atoms with Crippen LogP contribution < -0.4 is 10.9 Å². The van der Waals surface area contributed by atoms with Crippen LogP contribution in [0.3, 0.4) is 0 Å². The van der Waals surface area contributed by atoms with Gasteiger partial charge in [0, 0.05) is 24.3 Å². The molecule has 0 spiro atoms. The van der Waals surface area contributed by atoms with Crippen molar-refractivity contribution in [2.24, 2.45) is 0 Å². The highest BCUT2D eigenvalue weighted by Gasteiger charge is 2.23. The van der Waals surface area contributed by atoms with Gasteiger partial charge < -0.3 is 5.32 Å². The van der Waals surface area contributed by atoms with Crippen LogP contribution in [0.4, 0.5) is 11.5 Å². The molecule has 8 heteroatoms. The van der Waals surface area contributed by atoms with Crippen LogP contribution in [0.15, 0.2) is 65.7 Å². The van der Waals surface area contributed by atoms with Gasteiger partial charge in [0.25, 0.3) is 0 Å². The summed E-state index contributed by atoms with van der Waals surface area (Å²) in [6.07, 6.45) is 3.14. The summed E-state index contributed by atoms with van der Waals surface area (Å²) < 4.78 is 1.16.